The van der Waals surface area contributed by atoms with Crippen molar-refractivity contribution in [1.82, 2.24) is 5.32 Å². The van der Waals surface area contributed by atoms with Gasteiger partial charge in [-0.05, 0) is 56.7 Å². The number of nitriles is 1. The zero-order valence-corrected chi connectivity index (χ0v) is 19.7. The van der Waals surface area contributed by atoms with Crippen LogP contribution in [-0.4, -0.2) is 25.6 Å². The Balaban J connectivity index is 2.25. The molecule has 0 saturated heterocycles. The lowest BCUT2D eigenvalue weighted by molar-refractivity contribution is -0.137. The first-order valence-corrected chi connectivity index (χ1v) is 11.8. The molecule has 0 fully saturated rings. The first kappa shape index (κ1) is 25.8. The minimum atomic E-state index is -4.67. The average Bonchev–Trinajstić information content (AvgIpc) is 2.77. The Morgan fingerprint density at radius 3 is 2.40 bits per heavy atom. The Morgan fingerprint density at radius 1 is 1.20 bits per heavy atom. The van der Waals surface area contributed by atoms with E-state index in [4.69, 9.17) is 5.73 Å². The summed E-state index contributed by atoms with van der Waals surface area (Å²) in [7, 11) is -3.98. The molecular formula is C23H21F3N4O4S. The number of allylic oxidation sites excluding steroid dienone is 1. The summed E-state index contributed by atoms with van der Waals surface area (Å²) in [6, 6.07) is 7.36. The fourth-order valence-electron chi connectivity index (χ4n) is 3.77. The van der Waals surface area contributed by atoms with Crippen LogP contribution in [0.25, 0.3) is 0 Å². The number of hydrogen-bond acceptors (Lipinski definition) is 5. The van der Waals surface area contributed by atoms with Crippen LogP contribution in [0.15, 0.2) is 58.6 Å². The van der Waals surface area contributed by atoms with Crippen LogP contribution in [0.3, 0.4) is 0 Å². The van der Waals surface area contributed by atoms with Gasteiger partial charge >= 0.3 is 12.2 Å². The van der Waals surface area contributed by atoms with Crippen LogP contribution in [0.5, 0.6) is 0 Å². The van der Waals surface area contributed by atoms with Gasteiger partial charge in [-0.2, -0.15) is 18.4 Å². The molecule has 2 aromatic carbocycles. The predicted molar refractivity (Wildman–Crippen MR) is 121 cm³/mol. The molecule has 3 amide bonds. The van der Waals surface area contributed by atoms with E-state index in [0.717, 1.165) is 29.2 Å². The van der Waals surface area contributed by atoms with Crippen LogP contribution in [0.2, 0.25) is 0 Å². The number of carbonyl (C=O) groups is 2. The number of nitrogens with two attached hydrogens (primary N) is 1. The zero-order valence-electron chi connectivity index (χ0n) is 18.8. The third-order valence-corrected chi connectivity index (χ3v) is 7.77. The van der Waals surface area contributed by atoms with Crippen molar-refractivity contribution in [3.63, 3.8) is 0 Å². The minimum Gasteiger partial charge on any atom is -0.366 e. The van der Waals surface area contributed by atoms with Gasteiger partial charge in [-0.25, -0.2) is 13.2 Å². The average molecular weight is 507 g/mol. The van der Waals surface area contributed by atoms with Crippen LogP contribution in [0.1, 0.15) is 43.5 Å². The molecule has 35 heavy (non-hydrogen) atoms. The van der Waals surface area contributed by atoms with Crippen molar-refractivity contribution in [1.29, 1.82) is 5.26 Å². The molecule has 0 spiro atoms. The number of primary amides is 1. The summed E-state index contributed by atoms with van der Waals surface area (Å²) in [5.74, 6) is -1.01. The number of benzene rings is 2. The normalized spacial score (nSPS) is 16.8. The van der Waals surface area contributed by atoms with Gasteiger partial charge in [-0.1, -0.05) is 12.1 Å². The number of amides is 3. The van der Waals surface area contributed by atoms with Gasteiger partial charge in [0, 0.05) is 5.70 Å². The van der Waals surface area contributed by atoms with Gasteiger partial charge in [-0.3, -0.25) is 9.69 Å². The first-order chi connectivity index (χ1) is 16.2. The minimum absolute atomic E-state index is 0.00268. The fraction of sp³-hybridized carbons (Fsp3) is 0.261. The number of alkyl halides is 3. The van der Waals surface area contributed by atoms with E-state index in [0.29, 0.717) is 0 Å². The third-order valence-electron chi connectivity index (χ3n) is 5.56. The van der Waals surface area contributed by atoms with Crippen molar-refractivity contribution >= 4 is 27.5 Å². The lowest BCUT2D eigenvalue weighted by Crippen LogP contribution is -2.49. The smallest absolute Gasteiger partial charge is 0.366 e. The highest BCUT2D eigenvalue weighted by Gasteiger charge is 2.39. The third kappa shape index (κ3) is 4.72. The number of urea groups is 1. The Bertz CT molecular complexity index is 1390. The number of sulfone groups is 1. The molecule has 0 bridgehead atoms. The summed E-state index contributed by atoms with van der Waals surface area (Å²) >= 11 is 0. The molecule has 12 heteroatoms. The van der Waals surface area contributed by atoms with Crippen LogP contribution in [0, 0.1) is 11.3 Å². The zero-order chi connectivity index (χ0) is 26.3. The number of hydrogen-bond donors (Lipinski definition) is 2. The number of nitrogens with one attached hydrogen (secondary N) is 1. The Kier molecular flexibility index (Phi) is 6.68. The maximum absolute atomic E-state index is 13.2. The molecule has 0 aliphatic carbocycles. The second-order valence-electron chi connectivity index (χ2n) is 8.09. The van der Waals surface area contributed by atoms with Gasteiger partial charge in [0.05, 0.1) is 44.6 Å². The fourth-order valence-corrected chi connectivity index (χ4v) is 5.08. The van der Waals surface area contributed by atoms with Crippen LogP contribution in [-0.2, 0) is 20.8 Å². The molecule has 2 aromatic rings. The molecule has 1 atom stereocenters. The van der Waals surface area contributed by atoms with Crippen molar-refractivity contribution in [3.05, 3.63) is 70.4 Å². The van der Waals surface area contributed by atoms with Crippen molar-refractivity contribution < 1.29 is 31.2 Å². The van der Waals surface area contributed by atoms with Gasteiger partial charge in [0.15, 0.2) is 9.84 Å². The molecule has 0 aromatic heterocycles. The lowest BCUT2D eigenvalue weighted by atomic mass is 9.93. The lowest BCUT2D eigenvalue weighted by Gasteiger charge is -2.36. The van der Waals surface area contributed by atoms with Crippen molar-refractivity contribution in [2.75, 3.05) is 4.90 Å². The summed E-state index contributed by atoms with van der Waals surface area (Å²) in [6.45, 7) is 4.19. The predicted octanol–water partition coefficient (Wildman–Crippen LogP) is 3.79. The molecule has 1 unspecified atom stereocenters. The second kappa shape index (κ2) is 9.07. The maximum atomic E-state index is 13.2. The van der Waals surface area contributed by atoms with E-state index in [1.54, 1.807) is 0 Å². The first-order valence-electron chi connectivity index (χ1n) is 10.3. The monoisotopic (exact) mass is 506 g/mol. The molecule has 0 saturated carbocycles. The van der Waals surface area contributed by atoms with E-state index in [9.17, 15) is 36.4 Å². The van der Waals surface area contributed by atoms with E-state index in [1.807, 2.05) is 6.07 Å². The van der Waals surface area contributed by atoms with Crippen molar-refractivity contribution in [2.24, 2.45) is 5.73 Å². The summed E-state index contributed by atoms with van der Waals surface area (Å²) in [5, 5.41) is 10.8. The largest absolute Gasteiger partial charge is 0.416 e. The van der Waals surface area contributed by atoms with E-state index >= 15 is 0 Å². The number of nitrogens with zero attached hydrogens (tertiary/aromatic N) is 2. The molecule has 1 aliphatic rings. The van der Waals surface area contributed by atoms with E-state index in [-0.39, 0.29) is 33.0 Å². The highest BCUT2D eigenvalue weighted by atomic mass is 32.2. The van der Waals surface area contributed by atoms with E-state index in [1.165, 1.54) is 39.0 Å². The summed E-state index contributed by atoms with van der Waals surface area (Å²) in [6.07, 6.45) is -4.67. The summed E-state index contributed by atoms with van der Waals surface area (Å²) in [5.41, 5.74) is 4.18. The standard InChI is InChI=1S/C23H21F3N4O4S/c1-12(2)35(33,34)18-9-14(11-27)7-8-17(18)20-19(21(28)31)13(3)30(22(32)29-20)16-6-4-5-15(10-16)23(24,25)26/h4-10,12,20H,1-3H3,(H2,28,31)(H,29,32). The Morgan fingerprint density at radius 2 is 1.86 bits per heavy atom. The van der Waals surface area contributed by atoms with Gasteiger partial charge in [0.25, 0.3) is 0 Å². The molecule has 3 rings (SSSR count). The second-order valence-corrected chi connectivity index (χ2v) is 10.6. The Hall–Kier alpha value is -3.85. The number of rotatable bonds is 5. The number of halogens is 3. The topological polar surface area (TPSA) is 133 Å². The molecule has 0 radical (unpaired) electrons. The molecule has 1 heterocycles. The van der Waals surface area contributed by atoms with Gasteiger partial charge in [0.1, 0.15) is 0 Å². The molecule has 184 valence electrons. The van der Waals surface area contributed by atoms with E-state index < -0.39 is 44.8 Å². The highest BCUT2D eigenvalue weighted by Crippen LogP contribution is 2.38. The molecule has 3 N–H and O–H groups in total. The van der Waals surface area contributed by atoms with Crippen LogP contribution >= 0.6 is 0 Å². The van der Waals surface area contributed by atoms with Gasteiger partial charge in [-0.15, -0.1) is 0 Å². The summed E-state index contributed by atoms with van der Waals surface area (Å²) in [4.78, 5) is 26.2. The maximum Gasteiger partial charge on any atom is 0.416 e. The van der Waals surface area contributed by atoms with Crippen LogP contribution in [0.4, 0.5) is 23.7 Å². The molecule has 8 nitrogen and oxygen atoms in total. The Labute approximate surface area is 199 Å². The number of anilines is 1. The SMILES string of the molecule is CC1=C(C(N)=O)C(c2ccc(C#N)cc2S(=O)(=O)C(C)C)NC(=O)N1c1cccc(C(F)(F)F)c1. The summed E-state index contributed by atoms with van der Waals surface area (Å²) < 4.78 is 65.7. The molecular weight excluding hydrogens is 485 g/mol. The molecule has 1 aliphatic heterocycles. The quantitative estimate of drug-likeness (QED) is 0.637. The van der Waals surface area contributed by atoms with Crippen LogP contribution < -0.4 is 16.0 Å². The highest BCUT2D eigenvalue weighted by molar-refractivity contribution is 7.92. The number of carbonyl (C=O) groups excluding carboxylic acids is 2. The van der Waals surface area contributed by atoms with Gasteiger partial charge < -0.3 is 11.1 Å². The van der Waals surface area contributed by atoms with Gasteiger partial charge in [0.2, 0.25) is 5.91 Å². The van der Waals surface area contributed by atoms with Crippen molar-refractivity contribution in [2.45, 2.75) is 43.1 Å². The van der Waals surface area contributed by atoms with Crippen molar-refractivity contribution in [3.8, 4) is 6.07 Å². The van der Waals surface area contributed by atoms with E-state index in [2.05, 4.69) is 5.32 Å².